The zero-order valence-electron chi connectivity index (χ0n) is 10.8. The molecule has 21 heavy (non-hydrogen) atoms. The third-order valence-electron chi connectivity index (χ3n) is 3.29. The second-order valence-corrected chi connectivity index (χ2v) is 4.69. The number of hydrogen-bond acceptors (Lipinski definition) is 3. The highest BCUT2D eigenvalue weighted by Crippen LogP contribution is 2.32. The highest BCUT2D eigenvalue weighted by molar-refractivity contribution is 6.01. The molecule has 2 aromatic rings. The molecule has 6 heteroatoms. The van der Waals surface area contributed by atoms with Crippen LogP contribution in [-0.4, -0.2) is 10.7 Å². The van der Waals surface area contributed by atoms with E-state index in [1.54, 1.807) is 12.4 Å². The maximum Gasteiger partial charge on any atom is 0.416 e. The summed E-state index contributed by atoms with van der Waals surface area (Å²) in [6.07, 6.45) is -0.698. The summed E-state index contributed by atoms with van der Waals surface area (Å²) in [7, 11) is 0. The lowest BCUT2D eigenvalue weighted by Gasteiger charge is -2.08. The fourth-order valence-electron chi connectivity index (χ4n) is 2.16. The minimum absolute atomic E-state index is 0.217. The summed E-state index contributed by atoms with van der Waals surface area (Å²) in [6, 6.07) is 8.60. The predicted molar refractivity (Wildman–Crippen MR) is 70.7 cm³/mol. The van der Waals surface area contributed by atoms with Crippen molar-refractivity contribution in [2.24, 2.45) is 5.16 Å². The minimum atomic E-state index is -4.33. The van der Waals surface area contributed by atoms with E-state index in [0.29, 0.717) is 17.7 Å². The first-order valence-electron chi connectivity index (χ1n) is 6.34. The number of benzene rings is 1. The Morgan fingerprint density at radius 1 is 1.00 bits per heavy atom. The molecule has 0 N–H and O–H groups in total. The van der Waals surface area contributed by atoms with Crippen LogP contribution < -0.4 is 0 Å². The first kappa shape index (κ1) is 13.6. The number of rotatable bonds is 2. The van der Waals surface area contributed by atoms with Crippen LogP contribution in [-0.2, 0) is 11.0 Å². The van der Waals surface area contributed by atoms with Gasteiger partial charge in [-0.25, -0.2) is 0 Å². The Hall–Kier alpha value is -2.37. The summed E-state index contributed by atoms with van der Waals surface area (Å²) in [4.78, 5) is 9.27. The molecule has 1 unspecified atom stereocenters. The number of aromatic nitrogens is 1. The van der Waals surface area contributed by atoms with Crippen molar-refractivity contribution < 1.29 is 18.0 Å². The smallest absolute Gasteiger partial charge is 0.387 e. The molecule has 1 aromatic heterocycles. The summed E-state index contributed by atoms with van der Waals surface area (Å²) < 4.78 is 37.6. The lowest BCUT2D eigenvalue weighted by atomic mass is 10.00. The van der Waals surface area contributed by atoms with Gasteiger partial charge in [-0.3, -0.25) is 4.98 Å². The first-order chi connectivity index (χ1) is 10.0. The first-order valence-corrected chi connectivity index (χ1v) is 6.34. The van der Waals surface area contributed by atoms with E-state index >= 15 is 0 Å². The highest BCUT2D eigenvalue weighted by atomic mass is 19.4. The molecule has 1 aliphatic rings. The fourth-order valence-corrected chi connectivity index (χ4v) is 2.16. The number of hydrogen-bond donors (Lipinski definition) is 0. The summed E-state index contributed by atoms with van der Waals surface area (Å²) in [6.45, 7) is 0. The molecule has 3 nitrogen and oxygen atoms in total. The third kappa shape index (κ3) is 2.89. The summed E-state index contributed by atoms with van der Waals surface area (Å²) in [5, 5.41) is 3.97. The summed E-state index contributed by atoms with van der Waals surface area (Å²) >= 11 is 0. The van der Waals surface area contributed by atoms with Gasteiger partial charge in [0.1, 0.15) is 0 Å². The van der Waals surface area contributed by atoms with E-state index in [4.69, 9.17) is 4.84 Å². The Balaban J connectivity index is 1.74. The molecule has 0 aliphatic carbocycles. The van der Waals surface area contributed by atoms with Crippen molar-refractivity contribution in [2.75, 3.05) is 0 Å². The molecular weight excluding hydrogens is 281 g/mol. The molecule has 108 valence electrons. The van der Waals surface area contributed by atoms with Gasteiger partial charge in [0.05, 0.1) is 11.3 Å². The average Bonchev–Trinajstić information content (AvgIpc) is 2.97. The molecular formula is C15H11F3N2O. The van der Waals surface area contributed by atoms with Gasteiger partial charge in [-0.05, 0) is 35.4 Å². The van der Waals surface area contributed by atoms with Gasteiger partial charge in [0.15, 0.2) is 6.10 Å². The van der Waals surface area contributed by atoms with E-state index in [1.165, 1.54) is 12.1 Å². The van der Waals surface area contributed by atoms with Crippen molar-refractivity contribution in [3.8, 4) is 0 Å². The second-order valence-electron chi connectivity index (χ2n) is 4.69. The lowest BCUT2D eigenvalue weighted by molar-refractivity contribution is -0.137. The van der Waals surface area contributed by atoms with Crippen LogP contribution in [0.4, 0.5) is 13.2 Å². The highest BCUT2D eigenvalue weighted by Gasteiger charge is 2.30. The molecule has 0 saturated carbocycles. The maximum absolute atomic E-state index is 12.5. The molecule has 0 amide bonds. The van der Waals surface area contributed by atoms with Crippen molar-refractivity contribution in [3.63, 3.8) is 0 Å². The quantitative estimate of drug-likeness (QED) is 0.839. The van der Waals surface area contributed by atoms with Crippen molar-refractivity contribution in [3.05, 3.63) is 65.5 Å². The lowest BCUT2D eigenvalue weighted by Crippen LogP contribution is -2.06. The second kappa shape index (κ2) is 5.20. The summed E-state index contributed by atoms with van der Waals surface area (Å²) in [5.41, 5.74) is 1.55. The summed E-state index contributed by atoms with van der Waals surface area (Å²) in [5.74, 6) is 0. The van der Waals surface area contributed by atoms with E-state index < -0.39 is 11.7 Å². The molecule has 1 aliphatic heterocycles. The number of oxime groups is 1. The van der Waals surface area contributed by atoms with Crippen LogP contribution in [0.5, 0.6) is 0 Å². The number of nitrogens with zero attached hydrogens (tertiary/aromatic N) is 2. The van der Waals surface area contributed by atoms with E-state index in [1.807, 2.05) is 12.1 Å². The van der Waals surface area contributed by atoms with Crippen LogP contribution in [0.2, 0.25) is 0 Å². The molecule has 0 saturated heterocycles. The zero-order valence-corrected chi connectivity index (χ0v) is 10.8. The van der Waals surface area contributed by atoms with Gasteiger partial charge >= 0.3 is 6.18 Å². The Labute approximate surface area is 119 Å². The van der Waals surface area contributed by atoms with E-state index in [0.717, 1.165) is 17.7 Å². The molecule has 0 bridgehead atoms. The average molecular weight is 292 g/mol. The standard InChI is InChI=1S/C15H11F3N2O/c16-15(17,18)12-3-1-10(2-4-12)13-9-14(21-20-13)11-5-7-19-8-6-11/h1-8,14H,9H2. The molecule has 1 atom stereocenters. The van der Waals surface area contributed by atoms with Gasteiger partial charge in [-0.1, -0.05) is 17.3 Å². The third-order valence-corrected chi connectivity index (χ3v) is 3.29. The molecule has 2 heterocycles. The van der Waals surface area contributed by atoms with Gasteiger partial charge in [0.2, 0.25) is 0 Å². The van der Waals surface area contributed by atoms with E-state index in [-0.39, 0.29) is 6.10 Å². The monoisotopic (exact) mass is 292 g/mol. The van der Waals surface area contributed by atoms with Crippen molar-refractivity contribution in [1.82, 2.24) is 4.98 Å². The van der Waals surface area contributed by atoms with Crippen LogP contribution in [0.3, 0.4) is 0 Å². The van der Waals surface area contributed by atoms with Crippen LogP contribution in [0.25, 0.3) is 0 Å². The van der Waals surface area contributed by atoms with Crippen molar-refractivity contribution in [1.29, 1.82) is 0 Å². The Bertz CT molecular complexity index is 651. The number of alkyl halides is 3. The Morgan fingerprint density at radius 2 is 1.67 bits per heavy atom. The van der Waals surface area contributed by atoms with Gasteiger partial charge in [-0.15, -0.1) is 0 Å². The van der Waals surface area contributed by atoms with Gasteiger partial charge in [0.25, 0.3) is 0 Å². The topological polar surface area (TPSA) is 34.5 Å². The molecule has 0 spiro atoms. The molecule has 0 radical (unpaired) electrons. The predicted octanol–water partition coefficient (Wildman–Crippen LogP) is 3.97. The Morgan fingerprint density at radius 3 is 2.29 bits per heavy atom. The fraction of sp³-hybridized carbons (Fsp3) is 0.200. The van der Waals surface area contributed by atoms with E-state index in [9.17, 15) is 13.2 Å². The van der Waals surface area contributed by atoms with Crippen LogP contribution in [0.15, 0.2) is 53.9 Å². The van der Waals surface area contributed by atoms with Gasteiger partial charge < -0.3 is 4.84 Å². The number of halogens is 3. The van der Waals surface area contributed by atoms with Gasteiger partial charge in [-0.2, -0.15) is 13.2 Å². The molecule has 1 aromatic carbocycles. The molecule has 0 fully saturated rings. The van der Waals surface area contributed by atoms with Gasteiger partial charge in [0, 0.05) is 18.8 Å². The maximum atomic E-state index is 12.5. The van der Waals surface area contributed by atoms with Crippen LogP contribution in [0.1, 0.15) is 29.2 Å². The van der Waals surface area contributed by atoms with Crippen molar-refractivity contribution >= 4 is 5.71 Å². The van der Waals surface area contributed by atoms with Crippen LogP contribution >= 0.6 is 0 Å². The van der Waals surface area contributed by atoms with E-state index in [2.05, 4.69) is 10.1 Å². The SMILES string of the molecule is FC(F)(F)c1ccc(C2=NOC(c3ccncc3)C2)cc1. The Kier molecular flexibility index (Phi) is 3.37. The largest absolute Gasteiger partial charge is 0.416 e. The minimum Gasteiger partial charge on any atom is -0.387 e. The van der Waals surface area contributed by atoms with Crippen molar-refractivity contribution in [2.45, 2.75) is 18.7 Å². The normalized spacial score (nSPS) is 18.2. The molecule has 3 rings (SSSR count). The number of pyridine rings is 1. The van der Waals surface area contributed by atoms with Crippen LogP contribution in [0, 0.1) is 0 Å². The zero-order chi connectivity index (χ0) is 14.9.